The molecule has 1 saturated carbocycles. The van der Waals surface area contributed by atoms with E-state index in [-0.39, 0.29) is 18.0 Å². The molecule has 14 heavy (non-hydrogen) atoms. The molecule has 0 atom stereocenters. The topological polar surface area (TPSA) is 32.3 Å². The van der Waals surface area contributed by atoms with Gasteiger partial charge < -0.3 is 10.4 Å². The van der Waals surface area contributed by atoms with E-state index in [1.807, 2.05) is 0 Å². The molecule has 0 spiro atoms. The second kappa shape index (κ2) is 3.67. The third-order valence-electron chi connectivity index (χ3n) is 2.74. The van der Waals surface area contributed by atoms with E-state index in [4.69, 9.17) is 5.11 Å². The van der Waals surface area contributed by atoms with Crippen molar-refractivity contribution in [1.29, 1.82) is 0 Å². The average molecular weight is 195 g/mol. The number of benzene rings is 1. The monoisotopic (exact) mass is 195 g/mol. The molecule has 0 aromatic heterocycles. The molecule has 0 heterocycles. The van der Waals surface area contributed by atoms with Gasteiger partial charge in [0.25, 0.3) is 0 Å². The van der Waals surface area contributed by atoms with Crippen LogP contribution in [-0.4, -0.2) is 17.3 Å². The van der Waals surface area contributed by atoms with Gasteiger partial charge in [0.2, 0.25) is 0 Å². The van der Waals surface area contributed by atoms with E-state index in [0.29, 0.717) is 6.54 Å². The Balaban J connectivity index is 1.89. The number of aliphatic hydroxyl groups is 1. The van der Waals surface area contributed by atoms with Crippen LogP contribution in [-0.2, 0) is 6.54 Å². The maximum atomic E-state index is 12.6. The van der Waals surface area contributed by atoms with E-state index in [1.165, 1.54) is 12.1 Å². The fourth-order valence-electron chi connectivity index (χ4n) is 1.43. The summed E-state index contributed by atoms with van der Waals surface area (Å²) in [7, 11) is 0. The Kier molecular flexibility index (Phi) is 2.52. The molecule has 76 valence electrons. The van der Waals surface area contributed by atoms with Gasteiger partial charge in [-0.1, -0.05) is 12.1 Å². The average Bonchev–Trinajstić information content (AvgIpc) is 2.98. The highest BCUT2D eigenvalue weighted by Crippen LogP contribution is 2.34. The smallest absolute Gasteiger partial charge is 0.123 e. The minimum atomic E-state index is -0.211. The van der Waals surface area contributed by atoms with E-state index in [9.17, 15) is 4.39 Å². The summed E-state index contributed by atoms with van der Waals surface area (Å²) in [4.78, 5) is 0. The van der Waals surface area contributed by atoms with Crippen molar-refractivity contribution < 1.29 is 9.50 Å². The Morgan fingerprint density at radius 1 is 1.29 bits per heavy atom. The van der Waals surface area contributed by atoms with Gasteiger partial charge in [-0.3, -0.25) is 0 Å². The van der Waals surface area contributed by atoms with Crippen LogP contribution in [0.2, 0.25) is 0 Å². The Bertz CT molecular complexity index is 306. The van der Waals surface area contributed by atoms with E-state index in [0.717, 1.165) is 18.4 Å². The SMILES string of the molecule is OCC1(NCc2ccc(F)cc2)CC1. The minimum absolute atomic E-state index is 0.0472. The van der Waals surface area contributed by atoms with Crippen LogP contribution >= 0.6 is 0 Å². The molecule has 2 rings (SSSR count). The van der Waals surface area contributed by atoms with Crippen LogP contribution in [0.1, 0.15) is 18.4 Å². The van der Waals surface area contributed by atoms with Crippen LogP contribution in [0.25, 0.3) is 0 Å². The predicted molar refractivity (Wildman–Crippen MR) is 52.3 cm³/mol. The van der Waals surface area contributed by atoms with Crippen molar-refractivity contribution in [1.82, 2.24) is 5.32 Å². The molecule has 0 unspecified atom stereocenters. The largest absolute Gasteiger partial charge is 0.394 e. The van der Waals surface area contributed by atoms with Crippen LogP contribution in [0.4, 0.5) is 4.39 Å². The van der Waals surface area contributed by atoms with Gasteiger partial charge in [0.15, 0.2) is 0 Å². The van der Waals surface area contributed by atoms with Crippen molar-refractivity contribution in [2.45, 2.75) is 24.9 Å². The highest BCUT2D eigenvalue weighted by Gasteiger charge is 2.41. The Hall–Kier alpha value is -0.930. The summed E-state index contributed by atoms with van der Waals surface area (Å²) < 4.78 is 12.6. The van der Waals surface area contributed by atoms with Crippen LogP contribution in [0.15, 0.2) is 24.3 Å². The van der Waals surface area contributed by atoms with Gasteiger partial charge >= 0.3 is 0 Å². The highest BCUT2D eigenvalue weighted by atomic mass is 19.1. The standard InChI is InChI=1S/C11H14FNO/c12-10-3-1-9(2-4-10)7-13-11(8-14)5-6-11/h1-4,13-14H,5-8H2. The summed E-state index contributed by atoms with van der Waals surface area (Å²) in [5.74, 6) is -0.211. The molecule has 1 aromatic rings. The zero-order valence-corrected chi connectivity index (χ0v) is 7.96. The lowest BCUT2D eigenvalue weighted by Gasteiger charge is -2.13. The molecule has 0 amide bonds. The first-order valence-electron chi connectivity index (χ1n) is 4.84. The fourth-order valence-corrected chi connectivity index (χ4v) is 1.43. The van der Waals surface area contributed by atoms with Crippen molar-refractivity contribution in [2.24, 2.45) is 0 Å². The second-order valence-electron chi connectivity index (χ2n) is 3.92. The second-order valence-corrected chi connectivity index (χ2v) is 3.92. The molecule has 1 aliphatic carbocycles. The Labute approximate surface area is 82.8 Å². The number of nitrogens with one attached hydrogen (secondary N) is 1. The quantitative estimate of drug-likeness (QED) is 0.762. The van der Waals surface area contributed by atoms with Crippen molar-refractivity contribution >= 4 is 0 Å². The molecular formula is C11H14FNO. The van der Waals surface area contributed by atoms with E-state index in [2.05, 4.69) is 5.32 Å². The van der Waals surface area contributed by atoms with Gasteiger partial charge in [0, 0.05) is 12.1 Å². The first-order chi connectivity index (χ1) is 6.74. The van der Waals surface area contributed by atoms with Crippen LogP contribution in [0, 0.1) is 5.82 Å². The Morgan fingerprint density at radius 3 is 2.43 bits per heavy atom. The molecule has 0 saturated heterocycles. The lowest BCUT2D eigenvalue weighted by molar-refractivity contribution is 0.229. The van der Waals surface area contributed by atoms with Gasteiger partial charge in [0.1, 0.15) is 5.82 Å². The van der Waals surface area contributed by atoms with Crippen molar-refractivity contribution in [3.05, 3.63) is 35.6 Å². The molecule has 0 radical (unpaired) electrons. The van der Waals surface area contributed by atoms with E-state index >= 15 is 0 Å². The number of hydrogen-bond donors (Lipinski definition) is 2. The van der Waals surface area contributed by atoms with Crippen molar-refractivity contribution in [3.63, 3.8) is 0 Å². The molecule has 1 aromatic carbocycles. The highest BCUT2D eigenvalue weighted by molar-refractivity contribution is 5.17. The minimum Gasteiger partial charge on any atom is -0.394 e. The van der Waals surface area contributed by atoms with Gasteiger partial charge in [0.05, 0.1) is 6.61 Å². The zero-order chi connectivity index (χ0) is 10.0. The van der Waals surface area contributed by atoms with E-state index < -0.39 is 0 Å². The molecule has 3 heteroatoms. The number of aliphatic hydroxyl groups excluding tert-OH is 1. The molecule has 2 N–H and O–H groups in total. The number of halogens is 1. The van der Waals surface area contributed by atoms with E-state index in [1.54, 1.807) is 12.1 Å². The van der Waals surface area contributed by atoms with Crippen LogP contribution < -0.4 is 5.32 Å². The Morgan fingerprint density at radius 2 is 1.93 bits per heavy atom. The lowest BCUT2D eigenvalue weighted by Crippen LogP contribution is -2.34. The zero-order valence-electron chi connectivity index (χ0n) is 7.96. The van der Waals surface area contributed by atoms with Gasteiger partial charge in [-0.05, 0) is 30.5 Å². The predicted octanol–water partition coefficient (Wildman–Crippen LogP) is 1.44. The molecular weight excluding hydrogens is 181 g/mol. The fraction of sp³-hybridized carbons (Fsp3) is 0.455. The summed E-state index contributed by atoms with van der Waals surface area (Å²) in [5.41, 5.74) is 1.00. The summed E-state index contributed by atoms with van der Waals surface area (Å²) in [6.45, 7) is 0.884. The van der Waals surface area contributed by atoms with Gasteiger partial charge in [-0.2, -0.15) is 0 Å². The summed E-state index contributed by atoms with van der Waals surface area (Å²) in [6, 6.07) is 6.43. The van der Waals surface area contributed by atoms with Gasteiger partial charge in [-0.15, -0.1) is 0 Å². The lowest BCUT2D eigenvalue weighted by atomic mass is 10.2. The molecule has 1 aliphatic rings. The maximum Gasteiger partial charge on any atom is 0.123 e. The van der Waals surface area contributed by atoms with Crippen molar-refractivity contribution in [2.75, 3.05) is 6.61 Å². The first-order valence-corrected chi connectivity index (χ1v) is 4.84. The number of hydrogen-bond acceptors (Lipinski definition) is 2. The maximum absolute atomic E-state index is 12.6. The van der Waals surface area contributed by atoms with Crippen LogP contribution in [0.3, 0.4) is 0 Å². The third kappa shape index (κ3) is 2.11. The number of rotatable bonds is 4. The van der Waals surface area contributed by atoms with Crippen molar-refractivity contribution in [3.8, 4) is 0 Å². The summed E-state index contributed by atoms with van der Waals surface area (Å²) in [6.07, 6.45) is 2.06. The molecule has 0 bridgehead atoms. The molecule has 0 aliphatic heterocycles. The summed E-state index contributed by atoms with van der Waals surface area (Å²) >= 11 is 0. The van der Waals surface area contributed by atoms with Gasteiger partial charge in [-0.25, -0.2) is 4.39 Å². The molecule has 1 fully saturated rings. The first kappa shape index (κ1) is 9.62. The van der Waals surface area contributed by atoms with Crippen LogP contribution in [0.5, 0.6) is 0 Å². The molecule has 2 nitrogen and oxygen atoms in total. The summed E-state index contributed by atoms with van der Waals surface area (Å²) in [5, 5.41) is 12.3. The normalized spacial score (nSPS) is 18.1. The third-order valence-corrected chi connectivity index (χ3v) is 2.74.